The Morgan fingerprint density at radius 1 is 0.946 bits per heavy atom. The van der Waals surface area contributed by atoms with Crippen LogP contribution in [0, 0.1) is 18.6 Å². The van der Waals surface area contributed by atoms with Crippen LogP contribution in [0.1, 0.15) is 24.0 Å². The molecule has 2 fully saturated rings. The van der Waals surface area contributed by atoms with Crippen molar-refractivity contribution in [1.29, 1.82) is 0 Å². The summed E-state index contributed by atoms with van der Waals surface area (Å²) < 4.78 is 53.5. The molecule has 0 unspecified atom stereocenters. The molecule has 0 amide bonds. The molecule has 0 atom stereocenters. The van der Waals surface area contributed by atoms with Gasteiger partial charge in [-0.25, -0.2) is 8.78 Å². The van der Waals surface area contributed by atoms with Crippen molar-refractivity contribution in [3.63, 3.8) is 0 Å². The predicted octanol–water partition coefficient (Wildman–Crippen LogP) is 5.57. The third kappa shape index (κ3) is 5.26. The Morgan fingerprint density at radius 2 is 1.57 bits per heavy atom. The molecule has 1 aliphatic carbocycles. The molecule has 1 heterocycles. The molecule has 37 heavy (non-hydrogen) atoms. The van der Waals surface area contributed by atoms with Crippen LogP contribution < -0.4 is 9.73 Å². The summed E-state index contributed by atoms with van der Waals surface area (Å²) in [6, 6.07) is 14.9. The molecular weight excluding hydrogens is 541 g/mol. The van der Waals surface area contributed by atoms with Crippen molar-refractivity contribution in [2.75, 3.05) is 24.5 Å². The molecule has 11 heteroatoms. The Labute approximate surface area is 224 Å². The molecule has 194 valence electrons. The van der Waals surface area contributed by atoms with Crippen molar-refractivity contribution in [1.82, 2.24) is 9.73 Å². The molecule has 5 rings (SSSR count). The van der Waals surface area contributed by atoms with Crippen molar-refractivity contribution >= 4 is 44.7 Å². The lowest BCUT2D eigenvalue weighted by Crippen LogP contribution is -2.57. The Hall–Kier alpha value is -2.88. The van der Waals surface area contributed by atoms with Crippen molar-refractivity contribution in [2.24, 2.45) is 5.10 Å². The number of piperazine rings is 1. The predicted molar refractivity (Wildman–Crippen MR) is 142 cm³/mol. The molecular formula is C26H24Cl2F2N4O2S. The van der Waals surface area contributed by atoms with E-state index < -0.39 is 15.8 Å². The molecule has 0 bridgehead atoms. The lowest BCUT2D eigenvalue weighted by atomic mass is 10.1. The van der Waals surface area contributed by atoms with Gasteiger partial charge in [-0.1, -0.05) is 40.9 Å². The van der Waals surface area contributed by atoms with Crippen molar-refractivity contribution in [3.05, 3.63) is 93.5 Å². The van der Waals surface area contributed by atoms with Crippen LogP contribution in [0.25, 0.3) is 0 Å². The van der Waals surface area contributed by atoms with Crippen LogP contribution in [-0.2, 0) is 10.0 Å². The number of nitrogens with one attached hydrogen (secondary N) is 1. The number of halogens is 4. The van der Waals surface area contributed by atoms with Gasteiger partial charge in [0.05, 0.1) is 26.0 Å². The van der Waals surface area contributed by atoms with Gasteiger partial charge >= 0.3 is 0 Å². The largest absolute Gasteiger partial charge is 0.367 e. The monoisotopic (exact) mass is 564 g/mol. The summed E-state index contributed by atoms with van der Waals surface area (Å²) in [5.74, 6) is -0.693. The zero-order chi connectivity index (χ0) is 26.4. The molecule has 1 N–H and O–H groups in total. The Kier molecular flexibility index (Phi) is 6.81. The third-order valence-electron chi connectivity index (χ3n) is 6.76. The summed E-state index contributed by atoms with van der Waals surface area (Å²) in [5, 5.41) is 4.38. The number of anilines is 1. The van der Waals surface area contributed by atoms with Crippen LogP contribution in [0.5, 0.6) is 0 Å². The quantitative estimate of drug-likeness (QED) is 0.250. The van der Waals surface area contributed by atoms with Gasteiger partial charge in [-0.05, 0) is 68.3 Å². The SMILES string of the molecule is Cc1ccc(S(=O)(=O)N/N=C(/c2c(Cl)cc(F)cc2Cl)N2CCN(c3ccc(F)cc3)CC23CC3)cc1. The van der Waals surface area contributed by atoms with Gasteiger partial charge in [-0.15, -0.1) is 5.10 Å². The number of hydrogen-bond donors (Lipinski definition) is 1. The summed E-state index contributed by atoms with van der Waals surface area (Å²) in [6.07, 6.45) is 1.65. The first-order valence-corrected chi connectivity index (χ1v) is 13.9. The summed E-state index contributed by atoms with van der Waals surface area (Å²) in [6.45, 7) is 3.50. The molecule has 1 saturated carbocycles. The minimum absolute atomic E-state index is 0.0232. The molecule has 6 nitrogen and oxygen atoms in total. The lowest BCUT2D eigenvalue weighted by molar-refractivity contribution is 0.259. The van der Waals surface area contributed by atoms with Crippen LogP contribution >= 0.6 is 23.2 Å². The second kappa shape index (κ2) is 9.78. The van der Waals surface area contributed by atoms with Crippen molar-refractivity contribution < 1.29 is 17.2 Å². The number of benzene rings is 3. The van der Waals surface area contributed by atoms with Gasteiger partial charge < -0.3 is 9.80 Å². The summed E-state index contributed by atoms with van der Waals surface area (Å²) in [4.78, 5) is 6.54. The molecule has 0 radical (unpaired) electrons. The van der Waals surface area contributed by atoms with Crippen LogP contribution in [0.2, 0.25) is 10.0 Å². The van der Waals surface area contributed by atoms with Gasteiger partial charge in [0.2, 0.25) is 0 Å². The highest BCUT2D eigenvalue weighted by molar-refractivity contribution is 7.89. The minimum atomic E-state index is -4.00. The van der Waals surface area contributed by atoms with E-state index in [9.17, 15) is 17.2 Å². The van der Waals surface area contributed by atoms with E-state index in [1.165, 1.54) is 24.3 Å². The first kappa shape index (κ1) is 25.8. The fourth-order valence-electron chi connectivity index (χ4n) is 4.63. The van der Waals surface area contributed by atoms with Gasteiger partial charge in [0.1, 0.15) is 11.6 Å². The van der Waals surface area contributed by atoms with Gasteiger partial charge in [0.15, 0.2) is 5.84 Å². The number of nitrogens with zero attached hydrogens (tertiary/aromatic N) is 3. The molecule has 1 saturated heterocycles. The second-order valence-electron chi connectivity index (χ2n) is 9.36. The summed E-state index contributed by atoms with van der Waals surface area (Å²) in [5.41, 5.74) is 1.70. The molecule has 1 aliphatic heterocycles. The maximum Gasteiger partial charge on any atom is 0.276 e. The van der Waals surface area contributed by atoms with Crippen molar-refractivity contribution in [3.8, 4) is 0 Å². The third-order valence-corrected chi connectivity index (χ3v) is 8.58. The molecule has 0 aromatic heterocycles. The topological polar surface area (TPSA) is 65.0 Å². The fourth-order valence-corrected chi connectivity index (χ4v) is 6.07. The molecule has 2 aliphatic rings. The first-order valence-electron chi connectivity index (χ1n) is 11.7. The van der Waals surface area contributed by atoms with Crippen LogP contribution in [-0.4, -0.2) is 44.3 Å². The van der Waals surface area contributed by atoms with Gasteiger partial charge in [-0.3, -0.25) is 0 Å². The van der Waals surface area contributed by atoms with E-state index in [0.717, 1.165) is 36.2 Å². The van der Waals surface area contributed by atoms with E-state index in [2.05, 4.69) is 14.8 Å². The number of sulfonamides is 1. The van der Waals surface area contributed by atoms with Crippen LogP contribution in [0.3, 0.4) is 0 Å². The number of amidine groups is 1. The molecule has 3 aromatic rings. The summed E-state index contributed by atoms with van der Waals surface area (Å²) >= 11 is 12.9. The highest BCUT2D eigenvalue weighted by Gasteiger charge is 2.53. The Bertz CT molecular complexity index is 1440. The molecule has 1 spiro atoms. The minimum Gasteiger partial charge on any atom is -0.367 e. The number of hydrogen-bond acceptors (Lipinski definition) is 4. The first-order chi connectivity index (χ1) is 17.6. The van der Waals surface area contributed by atoms with Gasteiger partial charge in [0, 0.05) is 25.3 Å². The maximum absolute atomic E-state index is 14.0. The molecule has 3 aromatic carbocycles. The highest BCUT2D eigenvalue weighted by atomic mass is 35.5. The Balaban J connectivity index is 1.52. The smallest absolute Gasteiger partial charge is 0.276 e. The highest BCUT2D eigenvalue weighted by Crippen LogP contribution is 2.46. The van der Waals surface area contributed by atoms with Gasteiger partial charge in [0.25, 0.3) is 10.0 Å². The normalized spacial score (nSPS) is 17.3. The van der Waals surface area contributed by atoms with E-state index in [0.29, 0.717) is 19.6 Å². The van der Waals surface area contributed by atoms with Gasteiger partial charge in [-0.2, -0.15) is 13.2 Å². The maximum atomic E-state index is 14.0. The van der Waals surface area contributed by atoms with E-state index in [4.69, 9.17) is 23.2 Å². The van der Waals surface area contributed by atoms with Crippen LogP contribution in [0.4, 0.5) is 14.5 Å². The number of hydrazone groups is 1. The van der Waals surface area contributed by atoms with E-state index in [1.807, 2.05) is 11.8 Å². The zero-order valence-electron chi connectivity index (χ0n) is 19.9. The van der Waals surface area contributed by atoms with Crippen LogP contribution in [0.15, 0.2) is 70.7 Å². The van der Waals surface area contributed by atoms with E-state index in [1.54, 1.807) is 24.3 Å². The zero-order valence-corrected chi connectivity index (χ0v) is 22.2. The number of aryl methyl sites for hydroxylation is 1. The fraction of sp³-hybridized carbons (Fsp3) is 0.269. The van der Waals surface area contributed by atoms with E-state index in [-0.39, 0.29) is 37.7 Å². The Morgan fingerprint density at radius 3 is 2.16 bits per heavy atom. The standard InChI is InChI=1S/C26H24Cl2F2N4O2S/c1-17-2-8-21(9-3-17)37(35,36)32-31-25(24-22(27)14-19(30)15-23(24)28)34-13-12-33(16-26(34)10-11-26)20-6-4-18(29)5-7-20/h2-9,14-15,32H,10-13,16H2,1H3/b31-25-. The average molecular weight is 565 g/mol. The number of rotatable bonds is 5. The van der Waals surface area contributed by atoms with Crippen molar-refractivity contribution in [2.45, 2.75) is 30.2 Å². The average Bonchev–Trinajstić information content (AvgIpc) is 3.61. The van der Waals surface area contributed by atoms with E-state index >= 15 is 0 Å². The summed E-state index contributed by atoms with van der Waals surface area (Å²) in [7, 11) is -4.00. The lowest BCUT2D eigenvalue weighted by Gasteiger charge is -2.45. The second-order valence-corrected chi connectivity index (χ2v) is 11.8.